The van der Waals surface area contributed by atoms with Crippen molar-refractivity contribution in [3.63, 3.8) is 0 Å². The summed E-state index contributed by atoms with van der Waals surface area (Å²) in [6, 6.07) is 3.29. The van der Waals surface area contributed by atoms with Gasteiger partial charge in [-0.2, -0.15) is 0 Å². The van der Waals surface area contributed by atoms with E-state index in [0.717, 1.165) is 12.1 Å². The largest absolute Gasteiger partial charge is 0.463 e. The molecule has 0 aromatic heterocycles. The molecule has 1 saturated heterocycles. The Bertz CT molecular complexity index is 939. The molecule has 1 heterocycles. The fourth-order valence-corrected chi connectivity index (χ4v) is 5.30. The second-order valence-corrected chi connectivity index (χ2v) is 9.21. The van der Waals surface area contributed by atoms with E-state index in [4.69, 9.17) is 30.5 Å². The van der Waals surface area contributed by atoms with Crippen molar-refractivity contribution < 1.29 is 36.6 Å². The average Bonchev–Trinajstić information content (AvgIpc) is 3.06. The number of hydrogen-bond acceptors (Lipinski definition) is 7. The van der Waals surface area contributed by atoms with E-state index in [-0.39, 0.29) is 48.4 Å². The number of ether oxygens (including phenoxy) is 4. The van der Waals surface area contributed by atoms with Crippen LogP contribution in [0.2, 0.25) is 5.02 Å². The number of nitrogens with one attached hydrogen (secondary N) is 1. The number of benzene rings is 1. The normalized spacial score (nSPS) is 26.5. The Morgan fingerprint density at radius 2 is 2.20 bits per heavy atom. The summed E-state index contributed by atoms with van der Waals surface area (Å²) in [7, 11) is -2.58. The van der Waals surface area contributed by atoms with Gasteiger partial charge in [0.15, 0.2) is 5.79 Å². The van der Waals surface area contributed by atoms with Crippen LogP contribution in [-0.2, 0) is 33.8 Å². The van der Waals surface area contributed by atoms with Gasteiger partial charge in [-0.05, 0) is 37.6 Å². The van der Waals surface area contributed by atoms with Crippen LogP contribution in [0.25, 0.3) is 0 Å². The van der Waals surface area contributed by atoms with Gasteiger partial charge in [-0.3, -0.25) is 4.72 Å². The Kier molecular flexibility index (Phi) is 7.03. The maximum absolute atomic E-state index is 13.3. The predicted molar refractivity (Wildman–Crippen MR) is 107 cm³/mol. The van der Waals surface area contributed by atoms with Gasteiger partial charge in [-0.25, -0.2) is 17.6 Å². The number of esters is 1. The molecule has 0 amide bonds. The van der Waals surface area contributed by atoms with Crippen LogP contribution in [0, 0.1) is 5.82 Å². The van der Waals surface area contributed by atoms with E-state index < -0.39 is 32.8 Å². The van der Waals surface area contributed by atoms with Crippen molar-refractivity contribution >= 4 is 33.3 Å². The number of carbonyl (C=O) groups excluding carboxylic acids is 1. The number of methoxy groups -OCH3 is 1. The lowest BCUT2D eigenvalue weighted by Crippen LogP contribution is -2.42. The topological polar surface area (TPSA) is 100 Å². The highest BCUT2D eigenvalue weighted by atomic mass is 35.5. The number of carbonyl (C=O) groups is 1. The molecule has 3 unspecified atom stereocenters. The van der Waals surface area contributed by atoms with Gasteiger partial charge < -0.3 is 18.9 Å². The minimum Gasteiger partial charge on any atom is -0.463 e. The number of rotatable bonds is 7. The first-order chi connectivity index (χ1) is 14.2. The number of halogens is 2. The van der Waals surface area contributed by atoms with Gasteiger partial charge >= 0.3 is 5.97 Å². The lowest BCUT2D eigenvalue weighted by atomic mass is 9.94. The molecule has 0 bridgehead atoms. The van der Waals surface area contributed by atoms with Crippen molar-refractivity contribution in [3.8, 4) is 0 Å². The lowest BCUT2D eigenvalue weighted by Gasteiger charge is -2.33. The summed E-state index contributed by atoms with van der Waals surface area (Å²) in [6.45, 7) is 2.24. The standard InChI is InChI=1S/C19H23ClFNO7S/c1-3-27-18(23)14-9-19(28-11-13(29-19)10-26-2)7-6-17(14)30(24,25)22-16-5-4-12(21)8-15(16)20/h4-5,8-9,13,17,22H,3,6-7,10-11H2,1-2H3. The summed E-state index contributed by atoms with van der Waals surface area (Å²) in [4.78, 5) is 12.6. The van der Waals surface area contributed by atoms with Crippen LogP contribution in [0.1, 0.15) is 19.8 Å². The maximum Gasteiger partial charge on any atom is 0.335 e. The van der Waals surface area contributed by atoms with Gasteiger partial charge in [-0.1, -0.05) is 11.6 Å². The van der Waals surface area contributed by atoms with Crippen LogP contribution in [0.5, 0.6) is 0 Å². The van der Waals surface area contributed by atoms with E-state index in [1.165, 1.54) is 19.3 Å². The quantitative estimate of drug-likeness (QED) is 0.620. The van der Waals surface area contributed by atoms with E-state index in [2.05, 4.69) is 4.72 Å². The Labute approximate surface area is 179 Å². The highest BCUT2D eigenvalue weighted by Gasteiger charge is 2.48. The van der Waals surface area contributed by atoms with Crippen LogP contribution < -0.4 is 4.72 Å². The van der Waals surface area contributed by atoms with Crippen molar-refractivity contribution in [2.45, 2.75) is 36.9 Å². The van der Waals surface area contributed by atoms with Crippen LogP contribution >= 0.6 is 11.6 Å². The molecule has 1 N–H and O–H groups in total. The summed E-state index contributed by atoms with van der Waals surface area (Å²) in [6.07, 6.45) is 1.29. The molecule has 30 heavy (non-hydrogen) atoms. The number of sulfonamides is 1. The molecular weight excluding hydrogens is 441 g/mol. The molecule has 3 rings (SSSR count). The lowest BCUT2D eigenvalue weighted by molar-refractivity contribution is -0.149. The number of anilines is 1. The third-order valence-corrected chi connectivity index (χ3v) is 6.83. The molecule has 166 valence electrons. The molecule has 1 aromatic rings. The Hall–Kier alpha value is -1.72. The minimum atomic E-state index is -4.12. The first kappa shape index (κ1) is 23.0. The van der Waals surface area contributed by atoms with Crippen molar-refractivity contribution in [2.75, 3.05) is 31.7 Å². The van der Waals surface area contributed by atoms with Gasteiger partial charge in [0.1, 0.15) is 17.2 Å². The number of hydrogen-bond donors (Lipinski definition) is 1. The van der Waals surface area contributed by atoms with Crippen molar-refractivity contribution in [2.24, 2.45) is 0 Å². The second kappa shape index (κ2) is 9.19. The Balaban J connectivity index is 1.91. The summed E-state index contributed by atoms with van der Waals surface area (Å²) in [5.41, 5.74) is -0.0815. The van der Waals surface area contributed by atoms with E-state index in [9.17, 15) is 17.6 Å². The zero-order chi connectivity index (χ0) is 21.9. The van der Waals surface area contributed by atoms with Crippen LogP contribution in [-0.4, -0.2) is 58.5 Å². The fraction of sp³-hybridized carbons (Fsp3) is 0.526. The third kappa shape index (κ3) is 4.94. The van der Waals surface area contributed by atoms with Crippen LogP contribution in [0.15, 0.2) is 29.8 Å². The van der Waals surface area contributed by atoms with E-state index in [1.807, 2.05) is 0 Å². The van der Waals surface area contributed by atoms with Crippen LogP contribution in [0.3, 0.4) is 0 Å². The van der Waals surface area contributed by atoms with E-state index in [1.54, 1.807) is 6.92 Å². The van der Waals surface area contributed by atoms with Gasteiger partial charge in [0.05, 0.1) is 36.1 Å². The summed E-state index contributed by atoms with van der Waals surface area (Å²) in [5.74, 6) is -2.60. The molecule has 0 saturated carbocycles. The second-order valence-electron chi connectivity index (χ2n) is 6.94. The molecule has 1 spiro atoms. The summed E-state index contributed by atoms with van der Waals surface area (Å²) >= 11 is 5.94. The van der Waals surface area contributed by atoms with Gasteiger partial charge in [0.2, 0.25) is 10.0 Å². The van der Waals surface area contributed by atoms with Crippen molar-refractivity contribution in [3.05, 3.63) is 40.7 Å². The molecule has 0 radical (unpaired) electrons. The Morgan fingerprint density at radius 3 is 2.87 bits per heavy atom. The first-order valence-electron chi connectivity index (χ1n) is 9.37. The third-order valence-electron chi connectivity index (χ3n) is 4.78. The van der Waals surface area contributed by atoms with Gasteiger partial charge in [-0.15, -0.1) is 0 Å². The minimum absolute atomic E-state index is 0.00934. The highest BCUT2D eigenvalue weighted by Crippen LogP contribution is 2.39. The average molecular weight is 464 g/mol. The first-order valence-corrected chi connectivity index (χ1v) is 11.3. The smallest absolute Gasteiger partial charge is 0.335 e. The molecule has 1 aliphatic carbocycles. The fourth-order valence-electron chi connectivity index (χ4n) is 3.47. The maximum atomic E-state index is 13.3. The monoisotopic (exact) mass is 463 g/mol. The van der Waals surface area contributed by atoms with Crippen molar-refractivity contribution in [1.82, 2.24) is 0 Å². The molecule has 1 aromatic carbocycles. The van der Waals surface area contributed by atoms with Crippen LogP contribution in [0.4, 0.5) is 10.1 Å². The molecule has 8 nitrogen and oxygen atoms in total. The SMILES string of the molecule is CCOC(=O)C1=CC2(CCC1S(=O)(=O)Nc1ccc(F)cc1Cl)OCC(COC)O2. The summed E-state index contributed by atoms with van der Waals surface area (Å²) < 4.78 is 63.5. The highest BCUT2D eigenvalue weighted by molar-refractivity contribution is 7.93. The molecule has 1 fully saturated rings. The molecule has 1 aliphatic heterocycles. The van der Waals surface area contributed by atoms with E-state index in [0.29, 0.717) is 6.61 Å². The molecule has 11 heteroatoms. The van der Waals surface area contributed by atoms with Gasteiger partial charge in [0, 0.05) is 13.5 Å². The molecule has 3 atom stereocenters. The molecule has 2 aliphatic rings. The zero-order valence-corrected chi connectivity index (χ0v) is 18.1. The van der Waals surface area contributed by atoms with Gasteiger partial charge in [0.25, 0.3) is 0 Å². The predicted octanol–water partition coefficient (Wildman–Crippen LogP) is 2.63. The zero-order valence-electron chi connectivity index (χ0n) is 16.5. The Morgan fingerprint density at radius 1 is 1.43 bits per heavy atom. The van der Waals surface area contributed by atoms with E-state index >= 15 is 0 Å². The molecular formula is C19H23ClFNO7S. The summed E-state index contributed by atoms with van der Waals surface area (Å²) in [5, 5.41) is -1.32. The van der Waals surface area contributed by atoms with Crippen molar-refractivity contribution in [1.29, 1.82) is 0 Å².